The van der Waals surface area contributed by atoms with Crippen molar-refractivity contribution in [2.75, 3.05) is 0 Å². The molecule has 0 spiro atoms. The molecule has 0 heterocycles. The zero-order valence-corrected chi connectivity index (χ0v) is 8.14. The second kappa shape index (κ2) is 7.15. The van der Waals surface area contributed by atoms with Crippen molar-refractivity contribution in [2.24, 2.45) is 11.8 Å². The van der Waals surface area contributed by atoms with Crippen molar-refractivity contribution in [2.45, 2.75) is 45.6 Å². The predicted octanol–water partition coefficient (Wildman–Crippen LogP) is 1.67. The van der Waals surface area contributed by atoms with Crippen molar-refractivity contribution in [3.05, 3.63) is 0 Å². The van der Waals surface area contributed by atoms with Crippen molar-refractivity contribution in [3.63, 3.8) is 0 Å². The Morgan fingerprint density at radius 1 is 1.33 bits per heavy atom. The predicted molar refractivity (Wildman–Crippen MR) is 53.3 cm³/mol. The fourth-order valence-electron chi connectivity index (χ4n) is 1.10. The first kappa shape index (κ1) is 11.5. The molecule has 1 unspecified atom stereocenters. The van der Waals surface area contributed by atoms with E-state index in [1.54, 1.807) is 0 Å². The zero-order valence-electron chi connectivity index (χ0n) is 8.14. The van der Waals surface area contributed by atoms with Gasteiger partial charge in [-0.2, -0.15) is 0 Å². The quantitative estimate of drug-likeness (QED) is 0.360. The smallest absolute Gasteiger partial charge is 0.0219 e. The van der Waals surface area contributed by atoms with E-state index >= 15 is 0 Å². The van der Waals surface area contributed by atoms with Crippen LogP contribution in [0, 0.1) is 18.3 Å². The van der Waals surface area contributed by atoms with Gasteiger partial charge in [0.25, 0.3) is 0 Å². The van der Waals surface area contributed by atoms with Gasteiger partial charge in [-0.3, -0.25) is 11.3 Å². The van der Waals surface area contributed by atoms with Crippen LogP contribution in [-0.2, 0) is 0 Å². The Kier molecular flexibility index (Phi) is 6.84. The molecule has 0 aromatic carbocycles. The molecule has 70 valence electrons. The molecule has 0 radical (unpaired) electrons. The van der Waals surface area contributed by atoms with Gasteiger partial charge in [-0.1, -0.05) is 13.8 Å². The molecule has 0 fully saturated rings. The number of hydrazine groups is 1. The average molecular weight is 168 g/mol. The lowest BCUT2D eigenvalue weighted by Gasteiger charge is -2.15. The monoisotopic (exact) mass is 168 g/mol. The number of hydrogen-bond acceptors (Lipinski definition) is 2. The Balaban J connectivity index is 3.47. The van der Waals surface area contributed by atoms with Gasteiger partial charge in [-0.15, -0.1) is 12.3 Å². The van der Waals surface area contributed by atoms with Crippen LogP contribution in [0.15, 0.2) is 0 Å². The summed E-state index contributed by atoms with van der Waals surface area (Å²) in [4.78, 5) is 0. The van der Waals surface area contributed by atoms with Crippen LogP contribution in [0.3, 0.4) is 0 Å². The maximum absolute atomic E-state index is 5.38. The molecular formula is C10H20N2. The summed E-state index contributed by atoms with van der Waals surface area (Å²) in [6, 6.07) is 0.392. The van der Waals surface area contributed by atoms with Crippen molar-refractivity contribution < 1.29 is 0 Å². The third-order valence-electron chi connectivity index (χ3n) is 1.97. The summed E-state index contributed by atoms with van der Waals surface area (Å²) in [6.07, 6.45) is 9.30. The molecule has 0 aliphatic rings. The van der Waals surface area contributed by atoms with Crippen LogP contribution in [0.25, 0.3) is 0 Å². The minimum Gasteiger partial charge on any atom is -0.271 e. The number of nitrogens with one attached hydrogen (secondary N) is 1. The molecule has 2 heteroatoms. The van der Waals surface area contributed by atoms with Gasteiger partial charge in [0.15, 0.2) is 0 Å². The van der Waals surface area contributed by atoms with E-state index < -0.39 is 0 Å². The molecule has 0 rings (SSSR count). The maximum Gasteiger partial charge on any atom is 0.0219 e. The first-order valence-electron chi connectivity index (χ1n) is 4.60. The van der Waals surface area contributed by atoms with Gasteiger partial charge in [-0.05, 0) is 25.2 Å². The van der Waals surface area contributed by atoms with Crippen LogP contribution >= 0.6 is 0 Å². The Bertz CT molecular complexity index is 135. The zero-order chi connectivity index (χ0) is 9.40. The number of rotatable bonds is 6. The second-order valence-corrected chi connectivity index (χ2v) is 3.58. The first-order chi connectivity index (χ1) is 5.70. The minimum atomic E-state index is 0.392. The molecule has 0 aromatic heterocycles. The summed E-state index contributed by atoms with van der Waals surface area (Å²) in [7, 11) is 0. The van der Waals surface area contributed by atoms with E-state index in [1.807, 2.05) is 0 Å². The first-order valence-corrected chi connectivity index (χ1v) is 4.60. The van der Waals surface area contributed by atoms with Gasteiger partial charge in [0.2, 0.25) is 0 Å². The van der Waals surface area contributed by atoms with E-state index in [0.29, 0.717) is 6.04 Å². The van der Waals surface area contributed by atoms with Gasteiger partial charge in [0, 0.05) is 12.5 Å². The summed E-state index contributed by atoms with van der Waals surface area (Å²) < 4.78 is 0. The van der Waals surface area contributed by atoms with E-state index in [9.17, 15) is 0 Å². The lowest BCUT2D eigenvalue weighted by Crippen LogP contribution is -2.35. The summed E-state index contributed by atoms with van der Waals surface area (Å²) in [5, 5.41) is 0. The van der Waals surface area contributed by atoms with Crippen LogP contribution in [0.5, 0.6) is 0 Å². The number of terminal acetylenes is 1. The molecule has 0 aliphatic heterocycles. The van der Waals surface area contributed by atoms with Gasteiger partial charge in [0.1, 0.15) is 0 Å². The Morgan fingerprint density at radius 2 is 2.00 bits per heavy atom. The minimum absolute atomic E-state index is 0.392. The average Bonchev–Trinajstić information content (AvgIpc) is 2.05. The second-order valence-electron chi connectivity index (χ2n) is 3.58. The van der Waals surface area contributed by atoms with Crippen LogP contribution in [0.1, 0.15) is 39.5 Å². The fourth-order valence-corrected chi connectivity index (χ4v) is 1.10. The molecule has 3 N–H and O–H groups in total. The summed E-state index contributed by atoms with van der Waals surface area (Å²) >= 11 is 0. The molecule has 12 heavy (non-hydrogen) atoms. The van der Waals surface area contributed by atoms with Crippen molar-refractivity contribution in [1.29, 1.82) is 0 Å². The van der Waals surface area contributed by atoms with Crippen molar-refractivity contribution in [3.8, 4) is 12.3 Å². The van der Waals surface area contributed by atoms with Gasteiger partial charge in [-0.25, -0.2) is 0 Å². The van der Waals surface area contributed by atoms with E-state index in [1.165, 1.54) is 6.42 Å². The number of nitrogens with two attached hydrogens (primary N) is 1. The van der Waals surface area contributed by atoms with Crippen molar-refractivity contribution in [1.82, 2.24) is 5.43 Å². The summed E-state index contributed by atoms with van der Waals surface area (Å²) in [5.41, 5.74) is 2.80. The molecule has 0 bridgehead atoms. The Morgan fingerprint density at radius 3 is 2.42 bits per heavy atom. The molecule has 1 atom stereocenters. The largest absolute Gasteiger partial charge is 0.271 e. The molecular weight excluding hydrogens is 148 g/mol. The normalized spacial score (nSPS) is 12.9. The highest BCUT2D eigenvalue weighted by Crippen LogP contribution is 2.09. The van der Waals surface area contributed by atoms with E-state index in [-0.39, 0.29) is 0 Å². The summed E-state index contributed by atoms with van der Waals surface area (Å²) in [5.74, 6) is 8.75. The summed E-state index contributed by atoms with van der Waals surface area (Å²) in [6.45, 7) is 4.43. The van der Waals surface area contributed by atoms with E-state index in [0.717, 1.165) is 25.2 Å². The van der Waals surface area contributed by atoms with Gasteiger partial charge in [0.05, 0.1) is 0 Å². The third kappa shape index (κ3) is 6.21. The third-order valence-corrected chi connectivity index (χ3v) is 1.97. The highest BCUT2D eigenvalue weighted by molar-refractivity contribution is 4.85. The molecule has 2 nitrogen and oxygen atoms in total. The molecule has 0 aromatic rings. The molecule has 0 amide bonds. The fraction of sp³-hybridized carbons (Fsp3) is 0.800. The van der Waals surface area contributed by atoms with Crippen molar-refractivity contribution >= 4 is 0 Å². The number of hydrogen-bond donors (Lipinski definition) is 2. The van der Waals surface area contributed by atoms with Crippen LogP contribution in [0.4, 0.5) is 0 Å². The Labute approximate surface area is 75.9 Å². The van der Waals surface area contributed by atoms with E-state index in [2.05, 4.69) is 25.2 Å². The highest BCUT2D eigenvalue weighted by Gasteiger charge is 2.05. The molecule has 0 aliphatic carbocycles. The lowest BCUT2D eigenvalue weighted by atomic mass is 10.0. The topological polar surface area (TPSA) is 38.0 Å². The van der Waals surface area contributed by atoms with E-state index in [4.69, 9.17) is 12.3 Å². The lowest BCUT2D eigenvalue weighted by molar-refractivity contribution is 0.420. The highest BCUT2D eigenvalue weighted by atomic mass is 15.2. The maximum atomic E-state index is 5.38. The van der Waals surface area contributed by atoms with Crippen LogP contribution < -0.4 is 11.3 Å². The van der Waals surface area contributed by atoms with Gasteiger partial charge < -0.3 is 0 Å². The molecule has 0 saturated heterocycles. The Hall–Kier alpha value is -0.520. The SMILES string of the molecule is C#CCCC(CCC(C)C)NN. The van der Waals surface area contributed by atoms with Gasteiger partial charge >= 0.3 is 0 Å². The van der Waals surface area contributed by atoms with Crippen LogP contribution in [-0.4, -0.2) is 6.04 Å². The standard InChI is InChI=1S/C10H20N2/c1-4-5-6-10(12-11)8-7-9(2)3/h1,9-10,12H,5-8,11H2,2-3H3. The van der Waals surface area contributed by atoms with Crippen LogP contribution in [0.2, 0.25) is 0 Å². The molecule has 0 saturated carbocycles.